The van der Waals surface area contributed by atoms with Gasteiger partial charge in [-0.25, -0.2) is 0 Å². The van der Waals surface area contributed by atoms with Gasteiger partial charge in [0.05, 0.1) is 0 Å². The summed E-state index contributed by atoms with van der Waals surface area (Å²) in [5.74, 6) is 0. The van der Waals surface area contributed by atoms with E-state index in [9.17, 15) is 0 Å². The van der Waals surface area contributed by atoms with E-state index in [2.05, 4.69) is 37.9 Å². The molecule has 1 atom stereocenters. The van der Waals surface area contributed by atoms with Gasteiger partial charge in [-0.2, -0.15) is 0 Å². The molecule has 0 spiro atoms. The van der Waals surface area contributed by atoms with Crippen LogP contribution in [0.2, 0.25) is 0 Å². The molecule has 15 heavy (non-hydrogen) atoms. The minimum atomic E-state index is 0.408. The molecule has 1 fully saturated rings. The molecule has 0 aromatic rings. The van der Waals surface area contributed by atoms with Gasteiger partial charge in [0.15, 0.2) is 0 Å². The van der Waals surface area contributed by atoms with Crippen LogP contribution in [-0.2, 0) is 0 Å². The minimum Gasteiger partial charge on any atom is -0.315 e. The Bertz CT molecular complexity index is 172. The molecule has 1 heterocycles. The number of likely N-dealkylation sites (tertiary alicyclic amines) is 1. The van der Waals surface area contributed by atoms with Crippen LogP contribution >= 0.6 is 0 Å². The minimum absolute atomic E-state index is 0.408. The van der Waals surface area contributed by atoms with Crippen molar-refractivity contribution in [3.05, 3.63) is 0 Å². The average Bonchev–Trinajstić information content (AvgIpc) is 2.16. The van der Waals surface area contributed by atoms with Gasteiger partial charge in [0, 0.05) is 19.1 Å². The number of likely N-dealkylation sites (N-methyl/N-ethyl adjacent to an activating group) is 1. The van der Waals surface area contributed by atoms with Crippen LogP contribution in [0.1, 0.15) is 47.0 Å². The van der Waals surface area contributed by atoms with Crippen molar-refractivity contribution < 1.29 is 0 Å². The normalized spacial score (nSPS) is 24.4. The molecule has 1 saturated heterocycles. The second-order valence-corrected chi connectivity index (χ2v) is 5.97. The lowest BCUT2D eigenvalue weighted by molar-refractivity contribution is 0.150. The molecule has 0 amide bonds. The van der Waals surface area contributed by atoms with Crippen molar-refractivity contribution in [2.75, 3.05) is 26.2 Å². The van der Waals surface area contributed by atoms with E-state index in [1.54, 1.807) is 0 Å². The van der Waals surface area contributed by atoms with Crippen molar-refractivity contribution in [2.45, 2.75) is 53.0 Å². The van der Waals surface area contributed by atoms with Crippen LogP contribution in [0.4, 0.5) is 0 Å². The zero-order valence-electron chi connectivity index (χ0n) is 11.0. The van der Waals surface area contributed by atoms with Crippen molar-refractivity contribution in [3.8, 4) is 0 Å². The summed E-state index contributed by atoms with van der Waals surface area (Å²) in [6, 6.07) is 0.783. The molecule has 0 aromatic carbocycles. The SMILES string of the molecule is CCN1CCCCC1CNCC(C)(C)C. The van der Waals surface area contributed by atoms with Crippen molar-refractivity contribution in [1.82, 2.24) is 10.2 Å². The molecule has 0 aromatic heterocycles. The maximum atomic E-state index is 3.62. The van der Waals surface area contributed by atoms with Crippen LogP contribution in [0.25, 0.3) is 0 Å². The van der Waals surface area contributed by atoms with Gasteiger partial charge < -0.3 is 5.32 Å². The molecule has 0 saturated carbocycles. The first-order chi connectivity index (χ1) is 7.03. The highest BCUT2D eigenvalue weighted by molar-refractivity contribution is 4.78. The Kier molecular flexibility index (Phi) is 5.07. The first-order valence-corrected chi connectivity index (χ1v) is 6.47. The summed E-state index contributed by atoms with van der Waals surface area (Å²) in [6.45, 7) is 14.0. The van der Waals surface area contributed by atoms with Gasteiger partial charge in [-0.05, 0) is 31.3 Å². The van der Waals surface area contributed by atoms with Crippen molar-refractivity contribution in [3.63, 3.8) is 0 Å². The summed E-state index contributed by atoms with van der Waals surface area (Å²) in [7, 11) is 0. The molecule has 2 heteroatoms. The summed E-state index contributed by atoms with van der Waals surface area (Å²) >= 11 is 0. The molecule has 1 rings (SSSR count). The third kappa shape index (κ3) is 4.98. The molecular weight excluding hydrogens is 184 g/mol. The second kappa shape index (κ2) is 5.86. The van der Waals surface area contributed by atoms with Crippen LogP contribution in [0.15, 0.2) is 0 Å². The van der Waals surface area contributed by atoms with Crippen molar-refractivity contribution in [2.24, 2.45) is 5.41 Å². The lowest BCUT2D eigenvalue weighted by Gasteiger charge is -2.35. The zero-order chi connectivity index (χ0) is 11.3. The Morgan fingerprint density at radius 2 is 2.00 bits per heavy atom. The summed E-state index contributed by atoms with van der Waals surface area (Å²) in [5, 5.41) is 3.62. The Morgan fingerprint density at radius 3 is 2.60 bits per heavy atom. The van der Waals surface area contributed by atoms with E-state index in [1.165, 1.54) is 38.9 Å². The van der Waals surface area contributed by atoms with Crippen LogP contribution in [0.5, 0.6) is 0 Å². The molecule has 1 unspecified atom stereocenters. The summed E-state index contributed by atoms with van der Waals surface area (Å²) in [5.41, 5.74) is 0.408. The molecule has 2 nitrogen and oxygen atoms in total. The molecule has 0 aliphatic carbocycles. The van der Waals surface area contributed by atoms with Crippen LogP contribution in [-0.4, -0.2) is 37.1 Å². The van der Waals surface area contributed by atoms with E-state index in [0.717, 1.165) is 12.6 Å². The van der Waals surface area contributed by atoms with E-state index >= 15 is 0 Å². The van der Waals surface area contributed by atoms with Gasteiger partial charge in [0.2, 0.25) is 0 Å². The van der Waals surface area contributed by atoms with E-state index in [1.807, 2.05) is 0 Å². The summed E-state index contributed by atoms with van der Waals surface area (Å²) in [4.78, 5) is 2.62. The first-order valence-electron chi connectivity index (χ1n) is 6.47. The maximum Gasteiger partial charge on any atom is 0.0220 e. The average molecular weight is 212 g/mol. The van der Waals surface area contributed by atoms with Gasteiger partial charge in [-0.3, -0.25) is 4.90 Å². The number of nitrogens with zero attached hydrogens (tertiary/aromatic N) is 1. The van der Waals surface area contributed by atoms with E-state index < -0.39 is 0 Å². The summed E-state index contributed by atoms with van der Waals surface area (Å²) in [6.07, 6.45) is 4.19. The standard InChI is InChI=1S/C13H28N2/c1-5-15-9-7-6-8-12(15)10-14-11-13(2,3)4/h12,14H,5-11H2,1-4H3. The lowest BCUT2D eigenvalue weighted by atomic mass is 9.96. The quantitative estimate of drug-likeness (QED) is 0.770. The van der Waals surface area contributed by atoms with Gasteiger partial charge in [0.1, 0.15) is 0 Å². The highest BCUT2D eigenvalue weighted by Crippen LogP contribution is 2.16. The zero-order valence-corrected chi connectivity index (χ0v) is 11.0. The molecule has 1 aliphatic heterocycles. The van der Waals surface area contributed by atoms with Gasteiger partial charge in [-0.1, -0.05) is 34.1 Å². The van der Waals surface area contributed by atoms with Gasteiger partial charge >= 0.3 is 0 Å². The number of hydrogen-bond acceptors (Lipinski definition) is 2. The van der Waals surface area contributed by atoms with Gasteiger partial charge in [0.25, 0.3) is 0 Å². The third-order valence-corrected chi connectivity index (χ3v) is 3.19. The third-order valence-electron chi connectivity index (χ3n) is 3.19. The largest absolute Gasteiger partial charge is 0.315 e. The molecule has 1 aliphatic rings. The Hall–Kier alpha value is -0.0800. The fourth-order valence-corrected chi connectivity index (χ4v) is 2.32. The molecule has 0 radical (unpaired) electrons. The van der Waals surface area contributed by atoms with Crippen molar-refractivity contribution in [1.29, 1.82) is 0 Å². The van der Waals surface area contributed by atoms with E-state index in [0.29, 0.717) is 5.41 Å². The predicted molar refractivity (Wildman–Crippen MR) is 67.2 cm³/mol. The fraction of sp³-hybridized carbons (Fsp3) is 1.00. The predicted octanol–water partition coefficient (Wildman–Crippen LogP) is 2.50. The maximum absolute atomic E-state index is 3.62. The summed E-state index contributed by atoms with van der Waals surface area (Å²) < 4.78 is 0. The number of piperidine rings is 1. The lowest BCUT2D eigenvalue weighted by Crippen LogP contribution is -2.46. The number of rotatable bonds is 4. The Morgan fingerprint density at radius 1 is 1.27 bits per heavy atom. The first kappa shape index (κ1) is 13.0. The smallest absolute Gasteiger partial charge is 0.0220 e. The number of nitrogens with one attached hydrogen (secondary N) is 1. The Labute approximate surface area is 95.4 Å². The van der Waals surface area contributed by atoms with E-state index in [4.69, 9.17) is 0 Å². The molecular formula is C13H28N2. The van der Waals surface area contributed by atoms with Crippen LogP contribution in [0.3, 0.4) is 0 Å². The highest BCUT2D eigenvalue weighted by atomic mass is 15.2. The molecule has 1 N–H and O–H groups in total. The number of hydrogen-bond donors (Lipinski definition) is 1. The van der Waals surface area contributed by atoms with Crippen LogP contribution < -0.4 is 5.32 Å². The molecule has 0 bridgehead atoms. The molecule has 90 valence electrons. The topological polar surface area (TPSA) is 15.3 Å². The fourth-order valence-electron chi connectivity index (χ4n) is 2.32. The second-order valence-electron chi connectivity index (χ2n) is 5.97. The monoisotopic (exact) mass is 212 g/mol. The Balaban J connectivity index is 2.23. The highest BCUT2D eigenvalue weighted by Gasteiger charge is 2.20. The van der Waals surface area contributed by atoms with Crippen molar-refractivity contribution >= 4 is 0 Å². The van der Waals surface area contributed by atoms with Gasteiger partial charge in [-0.15, -0.1) is 0 Å². The van der Waals surface area contributed by atoms with Crippen LogP contribution in [0, 0.1) is 5.41 Å². The van der Waals surface area contributed by atoms with E-state index in [-0.39, 0.29) is 0 Å².